The van der Waals surface area contributed by atoms with Crippen LogP contribution in [0.5, 0.6) is 0 Å². The van der Waals surface area contributed by atoms with E-state index in [4.69, 9.17) is 9.72 Å². The molecule has 0 unspecified atom stereocenters. The van der Waals surface area contributed by atoms with Crippen LogP contribution in [0.3, 0.4) is 0 Å². The molecular formula is C22H25N5O3. The number of nitrogens with zero attached hydrogens (tertiary/aromatic N) is 5. The summed E-state index contributed by atoms with van der Waals surface area (Å²) in [5, 5.41) is 5.22. The Balaban J connectivity index is 1.66. The molecule has 1 aliphatic rings. The van der Waals surface area contributed by atoms with Gasteiger partial charge in [0.2, 0.25) is 0 Å². The summed E-state index contributed by atoms with van der Waals surface area (Å²) in [7, 11) is 1.87. The lowest BCUT2D eigenvalue weighted by Gasteiger charge is -2.34. The van der Waals surface area contributed by atoms with Gasteiger partial charge in [-0.2, -0.15) is 5.10 Å². The Kier molecular flexibility index (Phi) is 5.39. The van der Waals surface area contributed by atoms with Gasteiger partial charge in [0, 0.05) is 50.4 Å². The minimum atomic E-state index is -0.326. The van der Waals surface area contributed by atoms with Crippen LogP contribution in [0.25, 0.3) is 22.2 Å². The summed E-state index contributed by atoms with van der Waals surface area (Å²) >= 11 is 0. The number of ether oxygens (including phenoxy) is 1. The van der Waals surface area contributed by atoms with Crippen LogP contribution in [-0.2, 0) is 11.8 Å². The molecule has 1 aromatic carbocycles. The van der Waals surface area contributed by atoms with Gasteiger partial charge >= 0.3 is 6.09 Å². The quantitative estimate of drug-likeness (QED) is 0.667. The van der Waals surface area contributed by atoms with Crippen molar-refractivity contribution >= 4 is 22.9 Å². The number of rotatable bonds is 3. The number of carbonyl (C=O) groups excluding carboxylic acids is 2. The monoisotopic (exact) mass is 407 g/mol. The number of carbonyl (C=O) groups is 2. The van der Waals surface area contributed by atoms with E-state index in [0.29, 0.717) is 38.3 Å². The molecule has 2 aromatic heterocycles. The normalized spacial score (nSPS) is 14.2. The number of aromatic nitrogens is 3. The smallest absolute Gasteiger partial charge is 0.409 e. The van der Waals surface area contributed by atoms with Crippen LogP contribution in [0.15, 0.2) is 36.5 Å². The average Bonchev–Trinajstić information content (AvgIpc) is 3.10. The molecule has 2 amide bonds. The molecule has 0 radical (unpaired) electrons. The number of amides is 2. The molecular weight excluding hydrogens is 382 g/mol. The van der Waals surface area contributed by atoms with E-state index in [9.17, 15) is 9.59 Å². The van der Waals surface area contributed by atoms with Gasteiger partial charge in [-0.15, -0.1) is 0 Å². The molecule has 0 bridgehead atoms. The van der Waals surface area contributed by atoms with E-state index in [1.165, 1.54) is 0 Å². The minimum absolute atomic E-state index is 0.0556. The van der Waals surface area contributed by atoms with Crippen LogP contribution >= 0.6 is 0 Å². The minimum Gasteiger partial charge on any atom is -0.450 e. The maximum atomic E-state index is 13.4. The molecule has 4 rings (SSSR count). The van der Waals surface area contributed by atoms with Gasteiger partial charge in [-0.3, -0.25) is 9.48 Å². The van der Waals surface area contributed by atoms with Crippen LogP contribution < -0.4 is 0 Å². The van der Waals surface area contributed by atoms with Gasteiger partial charge in [-0.25, -0.2) is 9.78 Å². The zero-order valence-corrected chi connectivity index (χ0v) is 17.5. The van der Waals surface area contributed by atoms with Gasteiger partial charge in [0.1, 0.15) is 0 Å². The molecule has 1 saturated heterocycles. The van der Waals surface area contributed by atoms with Crippen LogP contribution in [0.2, 0.25) is 0 Å². The molecule has 0 atom stereocenters. The molecule has 0 spiro atoms. The highest BCUT2D eigenvalue weighted by atomic mass is 16.6. The molecule has 0 aliphatic carbocycles. The van der Waals surface area contributed by atoms with Crippen molar-refractivity contribution in [2.24, 2.45) is 7.05 Å². The number of para-hydroxylation sites is 1. The van der Waals surface area contributed by atoms with Crippen molar-refractivity contribution in [2.75, 3.05) is 32.8 Å². The van der Waals surface area contributed by atoms with Crippen molar-refractivity contribution in [3.8, 4) is 11.3 Å². The average molecular weight is 407 g/mol. The number of pyridine rings is 1. The molecule has 1 aliphatic heterocycles. The zero-order valence-electron chi connectivity index (χ0n) is 17.5. The third-order valence-corrected chi connectivity index (χ3v) is 5.33. The predicted molar refractivity (Wildman–Crippen MR) is 113 cm³/mol. The Labute approximate surface area is 175 Å². The van der Waals surface area contributed by atoms with E-state index in [2.05, 4.69) is 5.10 Å². The van der Waals surface area contributed by atoms with E-state index < -0.39 is 0 Å². The van der Waals surface area contributed by atoms with Crippen molar-refractivity contribution in [1.29, 1.82) is 0 Å². The fourth-order valence-corrected chi connectivity index (χ4v) is 3.82. The van der Waals surface area contributed by atoms with Crippen LogP contribution in [0, 0.1) is 6.92 Å². The summed E-state index contributed by atoms with van der Waals surface area (Å²) in [5.41, 5.74) is 3.88. The van der Waals surface area contributed by atoms with Gasteiger partial charge < -0.3 is 14.5 Å². The highest BCUT2D eigenvalue weighted by Gasteiger charge is 2.27. The number of hydrogen-bond donors (Lipinski definition) is 0. The molecule has 3 heterocycles. The first-order valence-electron chi connectivity index (χ1n) is 10.1. The van der Waals surface area contributed by atoms with E-state index in [0.717, 1.165) is 27.9 Å². The summed E-state index contributed by atoms with van der Waals surface area (Å²) in [4.78, 5) is 33.6. The third kappa shape index (κ3) is 3.72. The second kappa shape index (κ2) is 8.14. The Morgan fingerprint density at radius 3 is 2.47 bits per heavy atom. The zero-order chi connectivity index (χ0) is 21.3. The summed E-state index contributed by atoms with van der Waals surface area (Å²) < 4.78 is 6.81. The Hall–Kier alpha value is -3.42. The van der Waals surface area contributed by atoms with Gasteiger partial charge in [0.25, 0.3) is 5.91 Å². The fraction of sp³-hybridized carbons (Fsp3) is 0.364. The molecule has 3 aromatic rings. The summed E-state index contributed by atoms with van der Waals surface area (Å²) in [6.45, 7) is 5.92. The number of fused-ring (bicyclic) bond motifs is 1. The van der Waals surface area contributed by atoms with E-state index >= 15 is 0 Å². The van der Waals surface area contributed by atoms with Gasteiger partial charge in [-0.05, 0) is 26.0 Å². The highest BCUT2D eigenvalue weighted by Crippen LogP contribution is 2.27. The third-order valence-electron chi connectivity index (χ3n) is 5.33. The number of piperazine rings is 1. The van der Waals surface area contributed by atoms with Crippen molar-refractivity contribution in [3.63, 3.8) is 0 Å². The molecule has 156 valence electrons. The first kappa shape index (κ1) is 19.9. The molecule has 30 heavy (non-hydrogen) atoms. The van der Waals surface area contributed by atoms with E-state index in [1.807, 2.05) is 50.5 Å². The first-order chi connectivity index (χ1) is 14.5. The lowest BCUT2D eigenvalue weighted by Crippen LogP contribution is -2.50. The maximum Gasteiger partial charge on any atom is 0.409 e. The standard InChI is InChI=1S/C22H25N5O3/c1-4-30-22(29)27-11-9-26(10-12-27)21(28)17-13-20(18-14-25(3)24-15(18)2)23-19-8-6-5-7-16(17)19/h5-8,13-14H,4,9-12H2,1-3H3. The lowest BCUT2D eigenvalue weighted by atomic mass is 10.0. The van der Waals surface area contributed by atoms with Crippen LogP contribution in [0.1, 0.15) is 23.0 Å². The van der Waals surface area contributed by atoms with Crippen molar-refractivity contribution < 1.29 is 14.3 Å². The molecule has 0 N–H and O–H groups in total. The Morgan fingerprint density at radius 2 is 1.80 bits per heavy atom. The summed E-state index contributed by atoms with van der Waals surface area (Å²) in [6, 6.07) is 9.52. The highest BCUT2D eigenvalue weighted by molar-refractivity contribution is 6.07. The maximum absolute atomic E-state index is 13.4. The number of aryl methyl sites for hydroxylation is 2. The second-order valence-electron chi connectivity index (χ2n) is 7.35. The fourth-order valence-electron chi connectivity index (χ4n) is 3.82. The summed E-state index contributed by atoms with van der Waals surface area (Å²) in [6.07, 6.45) is 1.59. The number of hydrogen-bond acceptors (Lipinski definition) is 5. The van der Waals surface area contributed by atoms with Crippen molar-refractivity contribution in [3.05, 3.63) is 47.8 Å². The topological polar surface area (TPSA) is 80.6 Å². The molecule has 8 nitrogen and oxygen atoms in total. The largest absolute Gasteiger partial charge is 0.450 e. The first-order valence-corrected chi connectivity index (χ1v) is 10.1. The van der Waals surface area contributed by atoms with Gasteiger partial charge in [0.05, 0.1) is 29.1 Å². The predicted octanol–water partition coefficient (Wildman–Crippen LogP) is 2.86. The van der Waals surface area contributed by atoms with E-state index in [1.54, 1.807) is 21.4 Å². The van der Waals surface area contributed by atoms with Gasteiger partial charge in [-0.1, -0.05) is 18.2 Å². The molecule has 0 saturated carbocycles. The van der Waals surface area contributed by atoms with Crippen LogP contribution in [-0.4, -0.2) is 69.4 Å². The summed E-state index contributed by atoms with van der Waals surface area (Å²) in [5.74, 6) is -0.0556. The second-order valence-corrected chi connectivity index (χ2v) is 7.35. The SMILES string of the molecule is CCOC(=O)N1CCN(C(=O)c2cc(-c3cn(C)nc3C)nc3ccccc23)CC1. The van der Waals surface area contributed by atoms with Gasteiger partial charge in [0.15, 0.2) is 0 Å². The van der Waals surface area contributed by atoms with E-state index in [-0.39, 0.29) is 12.0 Å². The van der Waals surface area contributed by atoms with Crippen LogP contribution in [0.4, 0.5) is 4.79 Å². The van der Waals surface area contributed by atoms with Crippen molar-refractivity contribution in [2.45, 2.75) is 13.8 Å². The Morgan fingerprint density at radius 1 is 1.10 bits per heavy atom. The lowest BCUT2D eigenvalue weighted by molar-refractivity contribution is 0.0572. The van der Waals surface area contributed by atoms with Crippen molar-refractivity contribution in [1.82, 2.24) is 24.6 Å². The molecule has 8 heteroatoms. The Bertz CT molecular complexity index is 1100. The number of benzene rings is 1. The molecule has 1 fully saturated rings.